The highest BCUT2D eigenvalue weighted by atomic mass is 35.5. The van der Waals surface area contributed by atoms with Crippen LogP contribution in [-0.4, -0.2) is 32.7 Å². The number of hydrogen-bond acceptors (Lipinski definition) is 3. The molecule has 21 heavy (non-hydrogen) atoms. The molecule has 0 spiro atoms. The zero-order valence-corrected chi connectivity index (χ0v) is 13.8. The lowest BCUT2D eigenvalue weighted by Gasteiger charge is -2.35. The zero-order valence-electron chi connectivity index (χ0n) is 13.0. The van der Waals surface area contributed by atoms with Crippen LogP contribution < -0.4 is 10.6 Å². The normalized spacial score (nSPS) is 16.9. The fraction of sp³-hybridized carbons (Fsp3) is 0.562. The van der Waals surface area contributed by atoms with E-state index in [4.69, 9.17) is 4.74 Å². The molecule has 4 nitrogen and oxygen atoms in total. The summed E-state index contributed by atoms with van der Waals surface area (Å²) in [7, 11) is 1.66. The van der Waals surface area contributed by atoms with Crippen LogP contribution in [0.5, 0.6) is 0 Å². The number of amides is 1. The zero-order chi connectivity index (χ0) is 14.6. The number of hydrogen-bond donors (Lipinski definition) is 2. The Kier molecular flexibility index (Phi) is 6.65. The van der Waals surface area contributed by atoms with Gasteiger partial charge in [0.25, 0.3) is 0 Å². The topological polar surface area (TPSA) is 50.4 Å². The van der Waals surface area contributed by atoms with Gasteiger partial charge >= 0.3 is 0 Å². The van der Waals surface area contributed by atoms with E-state index in [1.807, 2.05) is 19.1 Å². The number of carbonyl (C=O) groups is 1. The second-order valence-electron chi connectivity index (χ2n) is 5.74. The number of aryl methyl sites for hydroxylation is 2. The Morgan fingerprint density at radius 3 is 2.57 bits per heavy atom. The minimum Gasteiger partial charge on any atom is -0.384 e. The van der Waals surface area contributed by atoms with Gasteiger partial charge in [-0.1, -0.05) is 17.7 Å². The standard InChI is InChI=1S/C16H24N2O2.ClH/c1-12-4-5-14(13(2)10-12)18-15(19)16(11-20-3)6-8-17-9-7-16;/h4-5,10,17H,6-9,11H2,1-3H3,(H,18,19);1H. The monoisotopic (exact) mass is 312 g/mol. The van der Waals surface area contributed by atoms with E-state index >= 15 is 0 Å². The maximum atomic E-state index is 12.7. The summed E-state index contributed by atoms with van der Waals surface area (Å²) in [6.07, 6.45) is 1.63. The maximum Gasteiger partial charge on any atom is 0.233 e. The number of halogens is 1. The first kappa shape index (κ1) is 18.0. The molecule has 0 aliphatic carbocycles. The van der Waals surface area contributed by atoms with Crippen molar-refractivity contribution in [2.45, 2.75) is 26.7 Å². The molecule has 2 rings (SSSR count). The van der Waals surface area contributed by atoms with Gasteiger partial charge < -0.3 is 15.4 Å². The number of nitrogens with one attached hydrogen (secondary N) is 2. The molecule has 0 saturated carbocycles. The van der Waals surface area contributed by atoms with Crippen LogP contribution in [-0.2, 0) is 9.53 Å². The van der Waals surface area contributed by atoms with E-state index in [-0.39, 0.29) is 18.3 Å². The second-order valence-corrected chi connectivity index (χ2v) is 5.74. The summed E-state index contributed by atoms with van der Waals surface area (Å²) in [6.45, 7) is 6.28. The highest BCUT2D eigenvalue weighted by Gasteiger charge is 2.39. The smallest absolute Gasteiger partial charge is 0.233 e. The lowest BCUT2D eigenvalue weighted by Crippen LogP contribution is -2.47. The van der Waals surface area contributed by atoms with Gasteiger partial charge in [0.05, 0.1) is 12.0 Å². The first-order valence-corrected chi connectivity index (χ1v) is 7.16. The highest BCUT2D eigenvalue weighted by Crippen LogP contribution is 2.31. The molecule has 1 amide bonds. The molecule has 1 saturated heterocycles. The van der Waals surface area contributed by atoms with Gasteiger partial charge in [0, 0.05) is 12.8 Å². The summed E-state index contributed by atoms with van der Waals surface area (Å²) in [5.41, 5.74) is 2.79. The van der Waals surface area contributed by atoms with Gasteiger partial charge in [-0.15, -0.1) is 12.4 Å². The Bertz CT molecular complexity index is 480. The van der Waals surface area contributed by atoms with Crippen LogP contribution in [0, 0.1) is 19.3 Å². The van der Waals surface area contributed by atoms with Crippen molar-refractivity contribution >= 4 is 24.0 Å². The number of anilines is 1. The SMILES string of the molecule is COCC1(C(=O)Nc2ccc(C)cc2C)CCNCC1.Cl. The number of carbonyl (C=O) groups excluding carboxylic acids is 1. The summed E-state index contributed by atoms with van der Waals surface area (Å²) < 4.78 is 5.30. The predicted molar refractivity (Wildman–Crippen MR) is 88.2 cm³/mol. The van der Waals surface area contributed by atoms with Crippen molar-refractivity contribution in [1.82, 2.24) is 5.32 Å². The molecule has 0 aromatic heterocycles. The summed E-state index contributed by atoms with van der Waals surface area (Å²) in [5, 5.41) is 6.39. The molecule has 0 radical (unpaired) electrons. The molecular formula is C16H25ClN2O2. The van der Waals surface area contributed by atoms with Crippen molar-refractivity contribution in [3.8, 4) is 0 Å². The molecule has 118 valence electrons. The Morgan fingerprint density at radius 2 is 2.00 bits per heavy atom. The van der Waals surface area contributed by atoms with E-state index in [9.17, 15) is 4.79 Å². The average molecular weight is 313 g/mol. The third kappa shape index (κ3) is 4.19. The molecule has 1 aromatic carbocycles. The number of ether oxygens (including phenoxy) is 1. The number of benzene rings is 1. The Morgan fingerprint density at radius 1 is 1.33 bits per heavy atom. The summed E-state index contributed by atoms with van der Waals surface area (Å²) in [4.78, 5) is 12.7. The predicted octanol–water partition coefficient (Wildman–Crippen LogP) is 2.68. The summed E-state index contributed by atoms with van der Waals surface area (Å²) in [5.74, 6) is 0.0767. The molecule has 1 aromatic rings. The van der Waals surface area contributed by atoms with Gasteiger partial charge in [-0.05, 0) is 51.4 Å². The highest BCUT2D eigenvalue weighted by molar-refractivity contribution is 5.96. The molecule has 1 fully saturated rings. The van der Waals surface area contributed by atoms with Crippen LogP contribution in [0.25, 0.3) is 0 Å². The van der Waals surface area contributed by atoms with Crippen molar-refractivity contribution in [2.75, 3.05) is 32.1 Å². The molecule has 5 heteroatoms. The van der Waals surface area contributed by atoms with E-state index in [0.29, 0.717) is 6.61 Å². The molecule has 1 aliphatic rings. The average Bonchev–Trinajstić information content (AvgIpc) is 2.43. The van der Waals surface area contributed by atoms with Crippen LogP contribution in [0.3, 0.4) is 0 Å². The minimum absolute atomic E-state index is 0. The quantitative estimate of drug-likeness (QED) is 0.898. The first-order chi connectivity index (χ1) is 9.57. The summed E-state index contributed by atoms with van der Waals surface area (Å²) in [6, 6.07) is 6.08. The van der Waals surface area contributed by atoms with E-state index < -0.39 is 5.41 Å². The number of piperidine rings is 1. The number of rotatable bonds is 4. The lowest BCUT2D eigenvalue weighted by atomic mass is 9.78. The number of methoxy groups -OCH3 is 1. The van der Waals surface area contributed by atoms with E-state index in [0.717, 1.165) is 37.2 Å². The van der Waals surface area contributed by atoms with Gasteiger partial charge in [0.2, 0.25) is 5.91 Å². The van der Waals surface area contributed by atoms with E-state index in [1.54, 1.807) is 7.11 Å². The molecule has 0 atom stereocenters. The third-order valence-corrected chi connectivity index (χ3v) is 4.09. The van der Waals surface area contributed by atoms with Crippen LogP contribution in [0.15, 0.2) is 18.2 Å². The molecule has 0 bridgehead atoms. The van der Waals surface area contributed by atoms with Gasteiger partial charge in [-0.3, -0.25) is 4.79 Å². The maximum absolute atomic E-state index is 12.7. The molecular weight excluding hydrogens is 288 g/mol. The fourth-order valence-electron chi connectivity index (χ4n) is 2.83. The van der Waals surface area contributed by atoms with Gasteiger partial charge in [-0.2, -0.15) is 0 Å². The Labute approximate surface area is 133 Å². The van der Waals surface area contributed by atoms with Gasteiger partial charge in [0.15, 0.2) is 0 Å². The third-order valence-electron chi connectivity index (χ3n) is 4.09. The van der Waals surface area contributed by atoms with Crippen molar-refractivity contribution < 1.29 is 9.53 Å². The van der Waals surface area contributed by atoms with Gasteiger partial charge in [0.1, 0.15) is 0 Å². The fourth-order valence-corrected chi connectivity index (χ4v) is 2.83. The molecule has 0 unspecified atom stereocenters. The largest absolute Gasteiger partial charge is 0.384 e. The van der Waals surface area contributed by atoms with Crippen LogP contribution in [0.2, 0.25) is 0 Å². The molecule has 1 aliphatic heterocycles. The lowest BCUT2D eigenvalue weighted by molar-refractivity contribution is -0.130. The van der Waals surface area contributed by atoms with Crippen molar-refractivity contribution in [3.63, 3.8) is 0 Å². The van der Waals surface area contributed by atoms with Crippen LogP contribution in [0.1, 0.15) is 24.0 Å². The summed E-state index contributed by atoms with van der Waals surface area (Å²) >= 11 is 0. The first-order valence-electron chi connectivity index (χ1n) is 7.16. The minimum atomic E-state index is -0.405. The van der Waals surface area contributed by atoms with Crippen molar-refractivity contribution in [3.05, 3.63) is 29.3 Å². The van der Waals surface area contributed by atoms with Crippen LogP contribution >= 0.6 is 12.4 Å². The molecule has 1 heterocycles. The molecule has 2 N–H and O–H groups in total. The Hall–Kier alpha value is -1.10. The van der Waals surface area contributed by atoms with E-state index in [2.05, 4.69) is 23.6 Å². The van der Waals surface area contributed by atoms with Crippen molar-refractivity contribution in [1.29, 1.82) is 0 Å². The van der Waals surface area contributed by atoms with Crippen LogP contribution in [0.4, 0.5) is 5.69 Å². The second kappa shape index (κ2) is 7.78. The van der Waals surface area contributed by atoms with E-state index in [1.165, 1.54) is 5.56 Å². The Balaban J connectivity index is 0.00000220. The van der Waals surface area contributed by atoms with Gasteiger partial charge in [-0.25, -0.2) is 0 Å². The van der Waals surface area contributed by atoms with Crippen molar-refractivity contribution in [2.24, 2.45) is 5.41 Å².